The molecule has 0 aliphatic heterocycles. The van der Waals surface area contributed by atoms with Gasteiger partial charge in [0.25, 0.3) is 0 Å². The quantitative estimate of drug-likeness (QED) is 0.601. The van der Waals surface area contributed by atoms with Gasteiger partial charge in [0.15, 0.2) is 0 Å². The van der Waals surface area contributed by atoms with E-state index in [9.17, 15) is 12.8 Å². The van der Waals surface area contributed by atoms with Crippen molar-refractivity contribution in [2.45, 2.75) is 19.8 Å². The highest BCUT2D eigenvalue weighted by Gasteiger charge is 2.07. The van der Waals surface area contributed by atoms with Crippen LogP contribution in [0.2, 0.25) is 0 Å². The van der Waals surface area contributed by atoms with E-state index in [-0.39, 0.29) is 24.6 Å². The van der Waals surface area contributed by atoms with Crippen LogP contribution in [0.25, 0.3) is 0 Å². The summed E-state index contributed by atoms with van der Waals surface area (Å²) in [6.07, 6.45) is 1.09. The second kappa shape index (κ2) is 10.6. The van der Waals surface area contributed by atoms with Gasteiger partial charge in [-0.3, -0.25) is 4.39 Å². The van der Waals surface area contributed by atoms with E-state index in [0.29, 0.717) is 13.1 Å². The van der Waals surface area contributed by atoms with Gasteiger partial charge in [-0.25, -0.2) is 13.1 Å². The molecule has 7 heteroatoms. The molecule has 0 atom stereocenters. The zero-order valence-corrected chi connectivity index (χ0v) is 10.6. The Morgan fingerprint density at radius 2 is 1.87 bits per heavy atom. The molecule has 2 N–H and O–H groups in total. The second-order valence-corrected chi connectivity index (χ2v) is 4.93. The standard InChI is InChI=1S/C8H19FN2O2S.ClH/c1-2-5-10-6-7-11-14(12,13)8-3-4-9;/h10-11H,2-8H2,1H3;1H. The van der Waals surface area contributed by atoms with E-state index < -0.39 is 16.7 Å². The van der Waals surface area contributed by atoms with Crippen molar-refractivity contribution in [2.75, 3.05) is 32.1 Å². The monoisotopic (exact) mass is 262 g/mol. The van der Waals surface area contributed by atoms with Crippen molar-refractivity contribution in [3.05, 3.63) is 0 Å². The topological polar surface area (TPSA) is 58.2 Å². The number of sulfonamides is 1. The van der Waals surface area contributed by atoms with E-state index in [4.69, 9.17) is 0 Å². The third-order valence-corrected chi connectivity index (χ3v) is 3.07. The molecule has 0 spiro atoms. The van der Waals surface area contributed by atoms with Gasteiger partial charge in [-0.2, -0.15) is 0 Å². The molecule has 0 aliphatic carbocycles. The maximum absolute atomic E-state index is 11.7. The van der Waals surface area contributed by atoms with Crippen molar-refractivity contribution in [2.24, 2.45) is 0 Å². The highest BCUT2D eigenvalue weighted by Crippen LogP contribution is 1.89. The highest BCUT2D eigenvalue weighted by atomic mass is 35.5. The van der Waals surface area contributed by atoms with Crippen molar-refractivity contribution < 1.29 is 12.8 Å². The van der Waals surface area contributed by atoms with Crippen LogP contribution in [0.5, 0.6) is 0 Å². The largest absolute Gasteiger partial charge is 0.315 e. The smallest absolute Gasteiger partial charge is 0.211 e. The van der Waals surface area contributed by atoms with E-state index in [2.05, 4.69) is 10.0 Å². The van der Waals surface area contributed by atoms with Gasteiger partial charge >= 0.3 is 0 Å². The second-order valence-electron chi connectivity index (χ2n) is 3.01. The predicted molar refractivity (Wildman–Crippen MR) is 62.8 cm³/mol. The lowest BCUT2D eigenvalue weighted by Crippen LogP contribution is -2.33. The van der Waals surface area contributed by atoms with Gasteiger partial charge in [-0.1, -0.05) is 6.92 Å². The van der Waals surface area contributed by atoms with Gasteiger partial charge in [-0.15, -0.1) is 12.4 Å². The molecule has 0 aromatic carbocycles. The molecule has 0 unspecified atom stereocenters. The van der Waals surface area contributed by atoms with Crippen molar-refractivity contribution in [3.8, 4) is 0 Å². The number of nitrogens with one attached hydrogen (secondary N) is 2. The van der Waals surface area contributed by atoms with Gasteiger partial charge < -0.3 is 5.32 Å². The number of alkyl halides is 1. The predicted octanol–water partition coefficient (Wildman–Crippen LogP) is 0.687. The molecule has 4 nitrogen and oxygen atoms in total. The first-order chi connectivity index (χ1) is 6.62. The fraction of sp³-hybridized carbons (Fsp3) is 1.00. The van der Waals surface area contributed by atoms with Crippen LogP contribution in [0.15, 0.2) is 0 Å². The third kappa shape index (κ3) is 12.0. The minimum absolute atomic E-state index is 0. The Labute approximate surface area is 97.5 Å². The van der Waals surface area contributed by atoms with Crippen LogP contribution < -0.4 is 10.0 Å². The normalized spacial score (nSPS) is 11.1. The molecule has 15 heavy (non-hydrogen) atoms. The Hall–Kier alpha value is 0.0900. The Bertz CT molecular complexity index is 225. The summed E-state index contributed by atoms with van der Waals surface area (Å²) in [6.45, 7) is 3.32. The molecule has 0 heterocycles. The van der Waals surface area contributed by atoms with Crippen LogP contribution in [0.4, 0.5) is 4.39 Å². The minimum atomic E-state index is -3.26. The summed E-state index contributed by atoms with van der Waals surface area (Å²) in [5.74, 6) is -0.128. The van der Waals surface area contributed by atoms with Crippen molar-refractivity contribution in [1.29, 1.82) is 0 Å². The van der Waals surface area contributed by atoms with Crippen LogP contribution in [-0.4, -0.2) is 40.5 Å². The average molecular weight is 263 g/mol. The van der Waals surface area contributed by atoms with E-state index in [1.54, 1.807) is 0 Å². The third-order valence-electron chi connectivity index (χ3n) is 1.60. The minimum Gasteiger partial charge on any atom is -0.315 e. The SMILES string of the molecule is CCCNCCNS(=O)(=O)CCCF.Cl. The lowest BCUT2D eigenvalue weighted by Gasteiger charge is -2.06. The van der Waals surface area contributed by atoms with Crippen LogP contribution in [0, 0.1) is 0 Å². The fourth-order valence-corrected chi connectivity index (χ4v) is 1.96. The first kappa shape index (κ1) is 17.5. The fourth-order valence-electron chi connectivity index (χ4n) is 0.913. The maximum Gasteiger partial charge on any atom is 0.211 e. The number of hydrogen-bond donors (Lipinski definition) is 2. The summed E-state index contributed by atoms with van der Waals surface area (Å²) in [6, 6.07) is 0. The van der Waals surface area contributed by atoms with E-state index >= 15 is 0 Å². The van der Waals surface area contributed by atoms with Crippen LogP contribution in [0.1, 0.15) is 19.8 Å². The van der Waals surface area contributed by atoms with Gasteiger partial charge in [0.1, 0.15) is 0 Å². The summed E-state index contributed by atoms with van der Waals surface area (Å²) < 4.78 is 36.3. The van der Waals surface area contributed by atoms with Crippen molar-refractivity contribution in [1.82, 2.24) is 10.0 Å². The lowest BCUT2D eigenvalue weighted by atomic mass is 10.5. The molecule has 0 saturated heterocycles. The zero-order chi connectivity index (χ0) is 10.9. The van der Waals surface area contributed by atoms with Crippen molar-refractivity contribution in [3.63, 3.8) is 0 Å². The van der Waals surface area contributed by atoms with E-state index in [1.807, 2.05) is 6.92 Å². The van der Waals surface area contributed by atoms with Crippen molar-refractivity contribution >= 4 is 22.4 Å². The van der Waals surface area contributed by atoms with Crippen LogP contribution in [0.3, 0.4) is 0 Å². The number of hydrogen-bond acceptors (Lipinski definition) is 3. The first-order valence-corrected chi connectivity index (χ1v) is 6.51. The maximum atomic E-state index is 11.7. The molecule has 0 saturated carbocycles. The molecule has 0 fully saturated rings. The molecule has 0 radical (unpaired) electrons. The molecule has 0 rings (SSSR count). The van der Waals surface area contributed by atoms with E-state index in [0.717, 1.165) is 13.0 Å². The Balaban J connectivity index is 0. The van der Waals surface area contributed by atoms with Crippen LogP contribution in [-0.2, 0) is 10.0 Å². The summed E-state index contributed by atoms with van der Waals surface area (Å²) in [5.41, 5.74) is 0. The Morgan fingerprint density at radius 1 is 1.20 bits per heavy atom. The average Bonchev–Trinajstić information content (AvgIpc) is 2.15. The summed E-state index contributed by atoms with van der Waals surface area (Å²) in [4.78, 5) is 0. The summed E-state index contributed by atoms with van der Waals surface area (Å²) >= 11 is 0. The Morgan fingerprint density at radius 3 is 2.40 bits per heavy atom. The number of rotatable bonds is 9. The van der Waals surface area contributed by atoms with Gasteiger partial charge in [0.05, 0.1) is 12.4 Å². The summed E-state index contributed by atoms with van der Waals surface area (Å²) in [7, 11) is -3.26. The van der Waals surface area contributed by atoms with Gasteiger partial charge in [0.2, 0.25) is 10.0 Å². The number of halogens is 2. The van der Waals surface area contributed by atoms with Gasteiger partial charge in [-0.05, 0) is 19.4 Å². The van der Waals surface area contributed by atoms with Gasteiger partial charge in [0, 0.05) is 13.1 Å². The molecule has 0 aromatic heterocycles. The molecule has 0 aliphatic rings. The highest BCUT2D eigenvalue weighted by molar-refractivity contribution is 7.89. The lowest BCUT2D eigenvalue weighted by molar-refractivity contribution is 0.483. The van der Waals surface area contributed by atoms with E-state index in [1.165, 1.54) is 0 Å². The molecule has 0 bridgehead atoms. The molecule has 0 amide bonds. The Kier molecular flexibility index (Phi) is 12.4. The molecule has 0 aromatic rings. The van der Waals surface area contributed by atoms with Crippen LogP contribution >= 0.6 is 12.4 Å². The first-order valence-electron chi connectivity index (χ1n) is 4.86. The molecular formula is C8H20ClFN2O2S. The summed E-state index contributed by atoms with van der Waals surface area (Å²) in [5, 5.41) is 3.06. The molecular weight excluding hydrogens is 243 g/mol. The zero-order valence-electron chi connectivity index (χ0n) is 8.96. The molecule has 94 valence electrons.